The van der Waals surface area contributed by atoms with Crippen molar-refractivity contribution in [3.05, 3.63) is 97.2 Å². The Morgan fingerprint density at radius 1 is 0.348 bits per heavy atom. The van der Waals surface area contributed by atoms with Crippen molar-refractivity contribution in [3.8, 4) is 0 Å². The zero-order chi connectivity index (χ0) is 47.7. The fraction of sp³-hybridized carbons (Fsp3) is 0.705. The molecule has 0 saturated heterocycles. The van der Waals surface area contributed by atoms with Gasteiger partial charge in [0.1, 0.15) is 6.61 Å². The van der Waals surface area contributed by atoms with Crippen LogP contribution < -0.4 is 0 Å². The summed E-state index contributed by atoms with van der Waals surface area (Å²) in [6, 6.07) is 0. The highest BCUT2D eigenvalue weighted by Gasteiger charge is 2.17. The van der Waals surface area contributed by atoms with Crippen LogP contribution in [-0.2, 0) is 23.8 Å². The second kappa shape index (κ2) is 56.1. The fourth-order valence-corrected chi connectivity index (χ4v) is 7.44. The van der Waals surface area contributed by atoms with Gasteiger partial charge in [-0.15, -0.1) is 0 Å². The SMILES string of the molecule is CC/C=C\C/C=C\C/C=C\C/C=C\CCCCCCC(=O)OC(COCCCCCCCC/C=C\CCCCCC)COC(=O)CCCCCCCC/C=C\C/C=C\C/C=C\CCCCC. The molecular formula is C61H104O5. The van der Waals surface area contributed by atoms with Gasteiger partial charge < -0.3 is 14.2 Å². The number of hydrogen-bond acceptors (Lipinski definition) is 5. The van der Waals surface area contributed by atoms with Crippen molar-refractivity contribution in [1.82, 2.24) is 0 Å². The van der Waals surface area contributed by atoms with Crippen LogP contribution in [0.15, 0.2) is 97.2 Å². The number of hydrogen-bond donors (Lipinski definition) is 0. The number of rotatable bonds is 50. The molecule has 0 spiro atoms. The van der Waals surface area contributed by atoms with Crippen LogP contribution in [0, 0.1) is 0 Å². The predicted molar refractivity (Wildman–Crippen MR) is 288 cm³/mol. The number of esters is 2. The normalized spacial score (nSPS) is 13.0. The molecule has 0 aliphatic rings. The van der Waals surface area contributed by atoms with Gasteiger partial charge in [0, 0.05) is 19.4 Å². The average Bonchev–Trinajstić information content (AvgIpc) is 3.32. The lowest BCUT2D eigenvalue weighted by Crippen LogP contribution is -2.30. The third-order valence-corrected chi connectivity index (χ3v) is 11.6. The minimum atomic E-state index is -0.563. The van der Waals surface area contributed by atoms with E-state index in [2.05, 4.69) is 118 Å². The van der Waals surface area contributed by atoms with Gasteiger partial charge in [0.05, 0.1) is 6.61 Å². The topological polar surface area (TPSA) is 61.8 Å². The second-order valence-corrected chi connectivity index (χ2v) is 18.1. The van der Waals surface area contributed by atoms with Crippen molar-refractivity contribution < 1.29 is 23.8 Å². The van der Waals surface area contributed by atoms with E-state index in [0.29, 0.717) is 19.4 Å². The molecule has 0 radical (unpaired) electrons. The molecule has 5 nitrogen and oxygen atoms in total. The van der Waals surface area contributed by atoms with E-state index in [1.165, 1.54) is 109 Å². The lowest BCUT2D eigenvalue weighted by atomic mass is 10.1. The van der Waals surface area contributed by atoms with Gasteiger partial charge in [-0.25, -0.2) is 0 Å². The van der Waals surface area contributed by atoms with E-state index >= 15 is 0 Å². The molecule has 0 saturated carbocycles. The molecule has 0 heterocycles. The van der Waals surface area contributed by atoms with Crippen LogP contribution in [0.4, 0.5) is 0 Å². The molecular weight excluding hydrogens is 813 g/mol. The molecule has 0 aromatic heterocycles. The Bertz CT molecular complexity index is 1270. The number of carbonyl (C=O) groups excluding carboxylic acids is 2. The van der Waals surface area contributed by atoms with Crippen LogP contribution in [0.2, 0.25) is 0 Å². The van der Waals surface area contributed by atoms with Crippen molar-refractivity contribution in [3.63, 3.8) is 0 Å². The van der Waals surface area contributed by atoms with E-state index in [-0.39, 0.29) is 25.2 Å². The van der Waals surface area contributed by atoms with Gasteiger partial charge in [0.2, 0.25) is 0 Å². The zero-order valence-corrected chi connectivity index (χ0v) is 43.4. The lowest BCUT2D eigenvalue weighted by molar-refractivity contribution is -0.163. The first-order valence-corrected chi connectivity index (χ1v) is 27.8. The lowest BCUT2D eigenvalue weighted by Gasteiger charge is -2.18. The molecule has 0 aromatic rings. The summed E-state index contributed by atoms with van der Waals surface area (Å²) in [4.78, 5) is 25.5. The van der Waals surface area contributed by atoms with Crippen molar-refractivity contribution in [2.45, 2.75) is 258 Å². The summed E-state index contributed by atoms with van der Waals surface area (Å²) in [5.74, 6) is -0.442. The van der Waals surface area contributed by atoms with E-state index in [1.807, 2.05) is 0 Å². The molecule has 378 valence electrons. The van der Waals surface area contributed by atoms with E-state index in [0.717, 1.165) is 109 Å². The largest absolute Gasteiger partial charge is 0.462 e. The Kier molecular flexibility index (Phi) is 53.4. The van der Waals surface area contributed by atoms with Crippen LogP contribution in [0.1, 0.15) is 252 Å². The van der Waals surface area contributed by atoms with Gasteiger partial charge in [0.15, 0.2) is 6.10 Å². The molecule has 0 amide bonds. The quantitative estimate of drug-likeness (QED) is 0.0346. The van der Waals surface area contributed by atoms with Crippen LogP contribution in [-0.4, -0.2) is 37.9 Å². The Hall–Kier alpha value is -3.18. The third-order valence-electron chi connectivity index (χ3n) is 11.6. The molecule has 1 atom stereocenters. The van der Waals surface area contributed by atoms with E-state index in [9.17, 15) is 9.59 Å². The number of allylic oxidation sites excluding steroid dienone is 16. The van der Waals surface area contributed by atoms with Gasteiger partial charge >= 0.3 is 11.9 Å². The van der Waals surface area contributed by atoms with Gasteiger partial charge in [0.25, 0.3) is 0 Å². The second-order valence-electron chi connectivity index (χ2n) is 18.1. The Balaban J connectivity index is 4.36. The maximum atomic E-state index is 12.8. The third kappa shape index (κ3) is 53.4. The molecule has 66 heavy (non-hydrogen) atoms. The Labute approximate surface area is 409 Å². The minimum Gasteiger partial charge on any atom is -0.462 e. The molecule has 0 aliphatic heterocycles. The van der Waals surface area contributed by atoms with Crippen molar-refractivity contribution in [2.24, 2.45) is 0 Å². The number of ether oxygens (including phenoxy) is 3. The van der Waals surface area contributed by atoms with Gasteiger partial charge in [-0.2, -0.15) is 0 Å². The Morgan fingerprint density at radius 3 is 1.14 bits per heavy atom. The summed E-state index contributed by atoms with van der Waals surface area (Å²) in [5, 5.41) is 0. The fourth-order valence-electron chi connectivity index (χ4n) is 7.44. The number of unbranched alkanes of at least 4 members (excludes halogenated alkanes) is 23. The minimum absolute atomic E-state index is 0.0616. The number of carbonyl (C=O) groups is 2. The van der Waals surface area contributed by atoms with E-state index in [1.54, 1.807) is 0 Å². The molecule has 0 fully saturated rings. The average molecular weight is 917 g/mol. The summed E-state index contributed by atoms with van der Waals surface area (Å²) in [7, 11) is 0. The zero-order valence-electron chi connectivity index (χ0n) is 43.4. The standard InChI is InChI=1S/C61H104O5/c1-4-7-10-13-16-19-22-25-28-30-31-33-34-36-39-42-45-48-51-54-60(62)65-58-59(57-64-56-53-50-47-44-41-38-27-24-21-18-15-12-9-6-3)66-61(63)55-52-49-46-43-40-37-35-32-29-26-23-20-17-14-11-8-5-2/h8,11,16-17,19-21,24-26,28-29,31,33,35,37,59H,4-7,9-10,12-15,18,22-23,27,30,32,34,36,38-58H2,1-3H3/b11-8-,19-16-,20-17-,24-21-,28-25-,29-26-,33-31-,37-35-. The summed E-state index contributed by atoms with van der Waals surface area (Å²) in [5.41, 5.74) is 0. The first-order valence-electron chi connectivity index (χ1n) is 27.8. The van der Waals surface area contributed by atoms with E-state index < -0.39 is 6.10 Å². The molecule has 0 N–H and O–H groups in total. The highest BCUT2D eigenvalue weighted by Crippen LogP contribution is 2.13. The highest BCUT2D eigenvalue weighted by molar-refractivity contribution is 5.70. The smallest absolute Gasteiger partial charge is 0.306 e. The maximum Gasteiger partial charge on any atom is 0.306 e. The van der Waals surface area contributed by atoms with Crippen LogP contribution >= 0.6 is 0 Å². The molecule has 0 rings (SSSR count). The highest BCUT2D eigenvalue weighted by atomic mass is 16.6. The predicted octanol–water partition coefficient (Wildman–Crippen LogP) is 19.0. The summed E-state index contributed by atoms with van der Waals surface area (Å²) < 4.78 is 17.4. The molecule has 0 bridgehead atoms. The summed E-state index contributed by atoms with van der Waals surface area (Å²) >= 11 is 0. The summed E-state index contributed by atoms with van der Waals surface area (Å²) in [6.07, 6.45) is 75.6. The van der Waals surface area contributed by atoms with Crippen molar-refractivity contribution in [1.29, 1.82) is 0 Å². The first kappa shape index (κ1) is 62.8. The molecule has 5 heteroatoms. The van der Waals surface area contributed by atoms with E-state index in [4.69, 9.17) is 14.2 Å². The van der Waals surface area contributed by atoms with Crippen LogP contribution in [0.5, 0.6) is 0 Å². The molecule has 0 aliphatic carbocycles. The maximum absolute atomic E-state index is 12.8. The summed E-state index contributed by atoms with van der Waals surface area (Å²) in [6.45, 7) is 7.63. The first-order chi connectivity index (χ1) is 32.6. The van der Waals surface area contributed by atoms with Gasteiger partial charge in [-0.3, -0.25) is 9.59 Å². The van der Waals surface area contributed by atoms with Crippen LogP contribution in [0.25, 0.3) is 0 Å². The van der Waals surface area contributed by atoms with Gasteiger partial charge in [-0.1, -0.05) is 214 Å². The van der Waals surface area contributed by atoms with Crippen molar-refractivity contribution in [2.75, 3.05) is 19.8 Å². The monoisotopic (exact) mass is 917 g/mol. The van der Waals surface area contributed by atoms with Gasteiger partial charge in [-0.05, 0) is 122 Å². The van der Waals surface area contributed by atoms with Crippen molar-refractivity contribution >= 4 is 11.9 Å². The van der Waals surface area contributed by atoms with Crippen LogP contribution in [0.3, 0.4) is 0 Å². The molecule has 0 aromatic carbocycles. The Morgan fingerprint density at radius 2 is 0.682 bits per heavy atom. The molecule has 1 unspecified atom stereocenters.